The van der Waals surface area contributed by atoms with Crippen LogP contribution in [0.15, 0.2) is 11.8 Å². The van der Waals surface area contributed by atoms with E-state index in [4.69, 9.17) is 10.5 Å². The number of nitrogens with two attached hydrogens (primary N) is 1. The van der Waals surface area contributed by atoms with E-state index in [1.807, 2.05) is 6.92 Å². The van der Waals surface area contributed by atoms with Crippen molar-refractivity contribution in [2.75, 3.05) is 6.61 Å². The molecule has 1 aliphatic rings. The van der Waals surface area contributed by atoms with Crippen LogP contribution in [-0.2, 0) is 9.53 Å². The Morgan fingerprint density at radius 3 is 3.09 bits per heavy atom. The van der Waals surface area contributed by atoms with Gasteiger partial charge in [-0.2, -0.15) is 0 Å². The minimum Gasteiger partial charge on any atom is -0.500 e. The molecular formula is C8H13NO2. The lowest BCUT2D eigenvalue weighted by molar-refractivity contribution is -0.116. The van der Waals surface area contributed by atoms with Crippen molar-refractivity contribution in [3.63, 3.8) is 0 Å². The fraction of sp³-hybridized carbons (Fsp3) is 0.625. The molecule has 62 valence electrons. The molecule has 2 N–H and O–H groups in total. The van der Waals surface area contributed by atoms with Crippen molar-refractivity contribution in [1.29, 1.82) is 0 Å². The molecule has 0 amide bonds. The molecule has 3 nitrogen and oxygen atoms in total. The van der Waals surface area contributed by atoms with E-state index in [9.17, 15) is 4.79 Å². The highest BCUT2D eigenvalue weighted by atomic mass is 16.5. The fourth-order valence-corrected chi connectivity index (χ4v) is 0.992. The maximum Gasteiger partial charge on any atom is 0.178 e. The maximum absolute atomic E-state index is 11.3. The number of rotatable bonds is 3. The monoisotopic (exact) mass is 155 g/mol. The van der Waals surface area contributed by atoms with Gasteiger partial charge in [-0.05, 0) is 6.42 Å². The van der Waals surface area contributed by atoms with Crippen LogP contribution in [0.2, 0.25) is 0 Å². The zero-order valence-electron chi connectivity index (χ0n) is 6.67. The topological polar surface area (TPSA) is 52.3 Å². The van der Waals surface area contributed by atoms with Gasteiger partial charge < -0.3 is 10.5 Å². The van der Waals surface area contributed by atoms with E-state index >= 15 is 0 Å². The van der Waals surface area contributed by atoms with Crippen LogP contribution in [0.4, 0.5) is 0 Å². The van der Waals surface area contributed by atoms with Gasteiger partial charge in [-0.3, -0.25) is 4.79 Å². The zero-order chi connectivity index (χ0) is 8.27. The second-order valence-corrected chi connectivity index (χ2v) is 2.64. The van der Waals surface area contributed by atoms with Gasteiger partial charge in [0.2, 0.25) is 0 Å². The molecule has 0 radical (unpaired) electrons. The molecule has 0 fully saturated rings. The second-order valence-electron chi connectivity index (χ2n) is 2.64. The Labute approximate surface area is 66.2 Å². The minimum absolute atomic E-state index is 0.0324. The van der Waals surface area contributed by atoms with Crippen molar-refractivity contribution < 1.29 is 9.53 Å². The van der Waals surface area contributed by atoms with E-state index in [0.717, 1.165) is 5.57 Å². The van der Waals surface area contributed by atoms with E-state index in [1.165, 1.54) is 6.26 Å². The molecule has 3 heteroatoms. The van der Waals surface area contributed by atoms with Crippen LogP contribution in [0.3, 0.4) is 0 Å². The van der Waals surface area contributed by atoms with E-state index in [1.54, 1.807) is 0 Å². The van der Waals surface area contributed by atoms with Crippen molar-refractivity contribution in [3.8, 4) is 0 Å². The van der Waals surface area contributed by atoms with E-state index < -0.39 is 0 Å². The van der Waals surface area contributed by atoms with Crippen LogP contribution in [0, 0.1) is 0 Å². The SMILES string of the molecule is CCC(N)C(=O)C1=COCC1. The van der Waals surface area contributed by atoms with Crippen molar-refractivity contribution in [1.82, 2.24) is 0 Å². The molecule has 1 unspecified atom stereocenters. The molecular weight excluding hydrogens is 142 g/mol. The summed E-state index contributed by atoms with van der Waals surface area (Å²) in [7, 11) is 0. The Kier molecular flexibility index (Phi) is 2.65. The third-order valence-electron chi connectivity index (χ3n) is 1.81. The summed E-state index contributed by atoms with van der Waals surface area (Å²) in [5, 5.41) is 0. The highest BCUT2D eigenvalue weighted by molar-refractivity contribution is 5.99. The highest BCUT2D eigenvalue weighted by Crippen LogP contribution is 2.13. The third kappa shape index (κ3) is 1.80. The first-order chi connectivity index (χ1) is 5.25. The van der Waals surface area contributed by atoms with Crippen molar-refractivity contribution in [2.45, 2.75) is 25.8 Å². The first-order valence-electron chi connectivity index (χ1n) is 3.86. The molecule has 0 aromatic heterocycles. The molecule has 0 saturated carbocycles. The molecule has 1 atom stereocenters. The van der Waals surface area contributed by atoms with Crippen LogP contribution >= 0.6 is 0 Å². The van der Waals surface area contributed by atoms with Gasteiger partial charge >= 0.3 is 0 Å². The molecule has 0 spiro atoms. The zero-order valence-corrected chi connectivity index (χ0v) is 6.67. The number of carbonyl (C=O) groups is 1. The van der Waals surface area contributed by atoms with Gasteiger partial charge in [0, 0.05) is 12.0 Å². The Hall–Kier alpha value is -0.830. The second kappa shape index (κ2) is 3.53. The van der Waals surface area contributed by atoms with Gasteiger partial charge in [-0.1, -0.05) is 6.92 Å². The van der Waals surface area contributed by atoms with Gasteiger partial charge in [-0.15, -0.1) is 0 Å². The standard InChI is InChI=1S/C8H13NO2/c1-2-7(9)8(10)6-3-4-11-5-6/h5,7H,2-4,9H2,1H3. The van der Waals surface area contributed by atoms with Gasteiger partial charge in [0.25, 0.3) is 0 Å². The summed E-state index contributed by atoms with van der Waals surface area (Å²) in [6, 6.07) is -0.344. The number of ether oxygens (including phenoxy) is 1. The van der Waals surface area contributed by atoms with Crippen LogP contribution in [-0.4, -0.2) is 18.4 Å². The lowest BCUT2D eigenvalue weighted by Crippen LogP contribution is -2.30. The summed E-state index contributed by atoms with van der Waals surface area (Å²) >= 11 is 0. The molecule has 0 aliphatic carbocycles. The van der Waals surface area contributed by atoms with Crippen molar-refractivity contribution in [3.05, 3.63) is 11.8 Å². The van der Waals surface area contributed by atoms with Crippen LogP contribution in [0.5, 0.6) is 0 Å². The lowest BCUT2D eigenvalue weighted by Gasteiger charge is -2.05. The Balaban J connectivity index is 2.53. The predicted molar refractivity (Wildman–Crippen MR) is 41.9 cm³/mol. The number of hydrogen-bond acceptors (Lipinski definition) is 3. The van der Waals surface area contributed by atoms with Gasteiger partial charge in [-0.25, -0.2) is 0 Å². The molecule has 11 heavy (non-hydrogen) atoms. The van der Waals surface area contributed by atoms with E-state index in [-0.39, 0.29) is 11.8 Å². The Morgan fingerprint density at radius 2 is 2.64 bits per heavy atom. The first kappa shape index (κ1) is 8.27. The fourth-order valence-electron chi connectivity index (χ4n) is 0.992. The summed E-state index contributed by atoms with van der Waals surface area (Å²) < 4.78 is 4.93. The molecule has 1 heterocycles. The quantitative estimate of drug-likeness (QED) is 0.649. The van der Waals surface area contributed by atoms with Gasteiger partial charge in [0.15, 0.2) is 5.78 Å². The highest BCUT2D eigenvalue weighted by Gasteiger charge is 2.19. The Morgan fingerprint density at radius 1 is 1.91 bits per heavy atom. The molecule has 0 bridgehead atoms. The van der Waals surface area contributed by atoms with E-state index in [0.29, 0.717) is 19.4 Å². The predicted octanol–water partition coefficient (Wildman–Crippen LogP) is 0.597. The number of carbonyl (C=O) groups excluding carboxylic acids is 1. The lowest BCUT2D eigenvalue weighted by atomic mass is 10.0. The summed E-state index contributed by atoms with van der Waals surface area (Å²) in [5.41, 5.74) is 6.29. The Bertz CT molecular complexity index is 187. The number of ketones is 1. The average Bonchev–Trinajstić information content (AvgIpc) is 2.53. The third-order valence-corrected chi connectivity index (χ3v) is 1.81. The largest absolute Gasteiger partial charge is 0.500 e. The summed E-state index contributed by atoms with van der Waals surface area (Å²) in [5.74, 6) is 0.0324. The average molecular weight is 155 g/mol. The van der Waals surface area contributed by atoms with Gasteiger partial charge in [0.05, 0.1) is 18.9 Å². The van der Waals surface area contributed by atoms with Crippen LogP contribution in [0.1, 0.15) is 19.8 Å². The number of hydrogen-bond donors (Lipinski definition) is 1. The normalized spacial score (nSPS) is 18.9. The van der Waals surface area contributed by atoms with Crippen LogP contribution < -0.4 is 5.73 Å². The molecule has 1 aliphatic heterocycles. The molecule has 0 aromatic carbocycles. The molecule has 0 aromatic rings. The summed E-state index contributed by atoms with van der Waals surface area (Å²) in [4.78, 5) is 11.3. The number of Topliss-reactive ketones (excluding diaryl/α,β-unsaturated/α-hetero) is 1. The summed E-state index contributed by atoms with van der Waals surface area (Å²) in [6.07, 6.45) is 2.93. The minimum atomic E-state index is -0.344. The summed E-state index contributed by atoms with van der Waals surface area (Å²) in [6.45, 7) is 2.52. The van der Waals surface area contributed by atoms with Gasteiger partial charge in [0.1, 0.15) is 0 Å². The maximum atomic E-state index is 11.3. The molecule has 0 saturated heterocycles. The smallest absolute Gasteiger partial charge is 0.178 e. The van der Waals surface area contributed by atoms with Crippen molar-refractivity contribution in [2.24, 2.45) is 5.73 Å². The first-order valence-corrected chi connectivity index (χ1v) is 3.86. The van der Waals surface area contributed by atoms with Crippen molar-refractivity contribution >= 4 is 5.78 Å². The van der Waals surface area contributed by atoms with Crippen LogP contribution in [0.25, 0.3) is 0 Å². The molecule has 1 rings (SSSR count). The van der Waals surface area contributed by atoms with E-state index in [2.05, 4.69) is 0 Å².